The van der Waals surface area contributed by atoms with Gasteiger partial charge in [-0.25, -0.2) is 0 Å². The van der Waals surface area contributed by atoms with Gasteiger partial charge in [0.25, 0.3) is 0 Å². The Morgan fingerprint density at radius 1 is 1.40 bits per heavy atom. The molecule has 0 unspecified atom stereocenters. The van der Waals surface area contributed by atoms with Crippen LogP contribution in [0.4, 0.5) is 0 Å². The predicted octanol–water partition coefficient (Wildman–Crippen LogP) is 3.45. The van der Waals surface area contributed by atoms with Gasteiger partial charge in [-0.2, -0.15) is 5.10 Å². The molecule has 3 N–H and O–H groups in total. The van der Waals surface area contributed by atoms with E-state index in [1.807, 2.05) is 12.1 Å². The molecule has 4 nitrogen and oxygen atoms in total. The SMILES string of the molecule is CC(C)(C)CNC(=S)N/N=C\c1cc(I)cc(I)c1O. The number of hydrogen-bond acceptors (Lipinski definition) is 3. The standard InChI is InChI=1S/C13H17I2N3OS/c1-13(2,3)7-16-12(20)18-17-6-8-4-9(14)5-10(15)11(8)19/h4-6,19H,7H2,1-3H3,(H2,16,18,20)/b17-6-. The number of nitrogens with one attached hydrogen (secondary N) is 2. The van der Waals surface area contributed by atoms with Gasteiger partial charge in [-0.05, 0) is 74.9 Å². The third-order valence-electron chi connectivity index (χ3n) is 2.21. The molecule has 0 saturated heterocycles. The molecule has 0 saturated carbocycles. The minimum Gasteiger partial charge on any atom is -0.506 e. The number of phenols is 1. The van der Waals surface area contributed by atoms with Crippen LogP contribution in [0.3, 0.4) is 0 Å². The molecule has 20 heavy (non-hydrogen) atoms. The summed E-state index contributed by atoms with van der Waals surface area (Å²) >= 11 is 9.41. The van der Waals surface area contributed by atoms with Crippen LogP contribution in [0.1, 0.15) is 26.3 Å². The summed E-state index contributed by atoms with van der Waals surface area (Å²) in [6.07, 6.45) is 1.56. The van der Waals surface area contributed by atoms with Gasteiger partial charge in [-0.15, -0.1) is 0 Å². The summed E-state index contributed by atoms with van der Waals surface area (Å²) in [7, 11) is 0. The molecular formula is C13H17I2N3OS. The summed E-state index contributed by atoms with van der Waals surface area (Å²) in [5.74, 6) is 0.227. The zero-order valence-electron chi connectivity index (χ0n) is 11.5. The molecule has 0 bridgehead atoms. The number of halogens is 2. The highest BCUT2D eigenvalue weighted by atomic mass is 127. The topological polar surface area (TPSA) is 56.7 Å². The Labute approximate surface area is 152 Å². The molecule has 0 spiro atoms. The number of nitrogens with zero attached hydrogens (tertiary/aromatic N) is 1. The molecule has 0 aliphatic rings. The zero-order valence-corrected chi connectivity index (χ0v) is 16.6. The Hall–Kier alpha value is -0.160. The molecule has 0 aromatic heterocycles. The maximum Gasteiger partial charge on any atom is 0.186 e. The van der Waals surface area contributed by atoms with Crippen molar-refractivity contribution in [3.8, 4) is 5.75 Å². The zero-order chi connectivity index (χ0) is 15.3. The number of hydrazone groups is 1. The van der Waals surface area contributed by atoms with Crippen LogP contribution in [-0.2, 0) is 0 Å². The molecule has 1 rings (SSSR count). The Balaban J connectivity index is 2.59. The molecule has 0 fully saturated rings. The van der Waals surface area contributed by atoms with Crippen molar-refractivity contribution in [2.75, 3.05) is 6.54 Å². The second-order valence-corrected chi connectivity index (χ2v) is 8.25. The van der Waals surface area contributed by atoms with Gasteiger partial charge in [0, 0.05) is 15.7 Å². The predicted molar refractivity (Wildman–Crippen MR) is 104 cm³/mol. The number of phenolic OH excluding ortho intramolecular Hbond substituents is 1. The summed E-state index contributed by atoms with van der Waals surface area (Å²) in [5, 5.41) is 17.5. The highest BCUT2D eigenvalue weighted by Gasteiger charge is 2.10. The first-order valence-electron chi connectivity index (χ1n) is 5.94. The Morgan fingerprint density at radius 2 is 2.05 bits per heavy atom. The van der Waals surface area contributed by atoms with Gasteiger partial charge >= 0.3 is 0 Å². The molecule has 0 atom stereocenters. The van der Waals surface area contributed by atoms with Crippen LogP contribution < -0.4 is 10.7 Å². The van der Waals surface area contributed by atoms with E-state index in [9.17, 15) is 5.11 Å². The van der Waals surface area contributed by atoms with Crippen LogP contribution in [0.2, 0.25) is 0 Å². The van der Waals surface area contributed by atoms with E-state index >= 15 is 0 Å². The molecule has 0 amide bonds. The summed E-state index contributed by atoms with van der Waals surface area (Å²) in [6.45, 7) is 7.13. The average Bonchev–Trinajstić information content (AvgIpc) is 2.31. The van der Waals surface area contributed by atoms with E-state index in [1.165, 1.54) is 0 Å². The maximum absolute atomic E-state index is 9.92. The van der Waals surface area contributed by atoms with Crippen molar-refractivity contribution in [2.24, 2.45) is 10.5 Å². The third-order valence-corrected chi connectivity index (χ3v) is 3.89. The van der Waals surface area contributed by atoms with Gasteiger partial charge in [0.2, 0.25) is 0 Å². The lowest BCUT2D eigenvalue weighted by Crippen LogP contribution is -2.37. The van der Waals surface area contributed by atoms with E-state index in [-0.39, 0.29) is 11.2 Å². The fourth-order valence-corrected chi connectivity index (χ4v) is 3.24. The van der Waals surface area contributed by atoms with E-state index in [2.05, 4.69) is 81.8 Å². The second-order valence-electron chi connectivity index (χ2n) is 5.44. The third kappa shape index (κ3) is 6.53. The Kier molecular flexibility index (Phi) is 6.92. The van der Waals surface area contributed by atoms with Crippen molar-refractivity contribution in [1.29, 1.82) is 0 Å². The summed E-state index contributed by atoms with van der Waals surface area (Å²) in [4.78, 5) is 0. The number of aromatic hydroxyl groups is 1. The fraction of sp³-hybridized carbons (Fsp3) is 0.385. The monoisotopic (exact) mass is 517 g/mol. The van der Waals surface area contributed by atoms with Gasteiger partial charge < -0.3 is 10.4 Å². The molecule has 7 heteroatoms. The Bertz CT molecular complexity index is 527. The quantitative estimate of drug-likeness (QED) is 0.249. The first-order valence-corrected chi connectivity index (χ1v) is 8.50. The lowest BCUT2D eigenvalue weighted by Gasteiger charge is -2.19. The van der Waals surface area contributed by atoms with E-state index in [1.54, 1.807) is 6.21 Å². The fourth-order valence-electron chi connectivity index (χ4n) is 1.23. The van der Waals surface area contributed by atoms with Gasteiger partial charge in [0.15, 0.2) is 5.11 Å². The van der Waals surface area contributed by atoms with Crippen molar-refractivity contribution >= 4 is 68.7 Å². The highest BCUT2D eigenvalue weighted by Crippen LogP contribution is 2.25. The molecule has 110 valence electrons. The van der Waals surface area contributed by atoms with Crippen LogP contribution in [0, 0.1) is 12.6 Å². The normalized spacial score (nSPS) is 11.7. The largest absolute Gasteiger partial charge is 0.506 e. The molecular weight excluding hydrogens is 500 g/mol. The van der Waals surface area contributed by atoms with Crippen molar-refractivity contribution in [1.82, 2.24) is 10.7 Å². The van der Waals surface area contributed by atoms with Gasteiger partial charge in [0.1, 0.15) is 5.75 Å². The van der Waals surface area contributed by atoms with Crippen LogP contribution in [0.15, 0.2) is 17.2 Å². The molecule has 0 heterocycles. The van der Waals surface area contributed by atoms with E-state index in [0.29, 0.717) is 10.7 Å². The number of benzene rings is 1. The lowest BCUT2D eigenvalue weighted by molar-refractivity contribution is 0.408. The van der Waals surface area contributed by atoms with Crippen molar-refractivity contribution < 1.29 is 5.11 Å². The van der Waals surface area contributed by atoms with Gasteiger partial charge in [-0.1, -0.05) is 20.8 Å². The molecule has 0 radical (unpaired) electrons. The van der Waals surface area contributed by atoms with Gasteiger partial charge in [0.05, 0.1) is 9.78 Å². The number of hydrogen-bond donors (Lipinski definition) is 3. The highest BCUT2D eigenvalue weighted by molar-refractivity contribution is 14.1. The van der Waals surface area contributed by atoms with E-state index in [4.69, 9.17) is 12.2 Å². The second kappa shape index (κ2) is 7.74. The van der Waals surface area contributed by atoms with E-state index < -0.39 is 0 Å². The number of rotatable bonds is 3. The maximum atomic E-state index is 9.92. The molecule has 1 aromatic rings. The summed E-state index contributed by atoms with van der Waals surface area (Å²) in [5.41, 5.74) is 3.56. The lowest BCUT2D eigenvalue weighted by atomic mass is 9.97. The van der Waals surface area contributed by atoms with Crippen LogP contribution in [0.25, 0.3) is 0 Å². The minimum atomic E-state index is 0.152. The minimum absolute atomic E-state index is 0.152. The van der Waals surface area contributed by atoms with Crippen LogP contribution in [0.5, 0.6) is 5.75 Å². The molecule has 0 aliphatic carbocycles. The van der Waals surface area contributed by atoms with Gasteiger partial charge in [-0.3, -0.25) is 5.43 Å². The summed E-state index contributed by atoms with van der Waals surface area (Å²) in [6, 6.07) is 3.76. The first kappa shape index (κ1) is 17.9. The van der Waals surface area contributed by atoms with Crippen molar-refractivity contribution in [3.63, 3.8) is 0 Å². The van der Waals surface area contributed by atoms with Crippen LogP contribution in [-0.4, -0.2) is 23.0 Å². The molecule has 1 aromatic carbocycles. The summed E-state index contributed by atoms with van der Waals surface area (Å²) < 4.78 is 1.84. The number of thiocarbonyl (C=S) groups is 1. The van der Waals surface area contributed by atoms with E-state index in [0.717, 1.165) is 13.7 Å². The smallest absolute Gasteiger partial charge is 0.186 e. The first-order chi connectivity index (χ1) is 9.19. The van der Waals surface area contributed by atoms with Crippen molar-refractivity contribution in [2.45, 2.75) is 20.8 Å². The average molecular weight is 517 g/mol. The molecule has 0 aliphatic heterocycles. The Morgan fingerprint density at radius 3 is 2.65 bits per heavy atom. The van der Waals surface area contributed by atoms with Crippen molar-refractivity contribution in [3.05, 3.63) is 24.8 Å². The van der Waals surface area contributed by atoms with Crippen LogP contribution >= 0.6 is 57.4 Å².